The second-order valence-electron chi connectivity index (χ2n) is 7.52. The second kappa shape index (κ2) is 5.69. The fourth-order valence-electron chi connectivity index (χ4n) is 1.81. The van der Waals surface area contributed by atoms with Crippen molar-refractivity contribution in [3.05, 3.63) is 0 Å². The smallest absolute Gasteiger partial charge is 0.229 e. The van der Waals surface area contributed by atoms with E-state index in [0.717, 1.165) is 6.42 Å². The molecule has 102 valence electrons. The van der Waals surface area contributed by atoms with Gasteiger partial charge in [-0.05, 0) is 40.5 Å². The molecule has 0 radical (unpaired) electrons. The van der Waals surface area contributed by atoms with E-state index in [1.807, 2.05) is 13.8 Å². The first kappa shape index (κ1) is 16.9. The molecule has 0 aromatic heterocycles. The first-order valence-corrected chi connectivity index (χ1v) is 6.95. The van der Waals surface area contributed by atoms with Crippen LogP contribution in [0.4, 0.5) is 0 Å². The van der Waals surface area contributed by atoms with Crippen LogP contribution in [0.2, 0.25) is 0 Å². The second-order valence-corrected chi connectivity index (χ2v) is 8.08. The Bertz CT molecular complexity index is 260. The minimum Gasteiger partial charge on any atom is -0.325 e. The van der Waals surface area contributed by atoms with Crippen molar-refractivity contribution >= 4 is 15.3 Å². The Morgan fingerprint density at radius 1 is 1.12 bits per heavy atom. The predicted octanol–water partition coefficient (Wildman–Crippen LogP) is 4.11. The molecule has 2 atom stereocenters. The normalized spacial score (nSPS) is 14.9. The fourth-order valence-corrected chi connectivity index (χ4v) is 1.99. The summed E-state index contributed by atoms with van der Waals surface area (Å²) >= 11 is 0. The Labute approximate surface area is 110 Å². The van der Waals surface area contributed by atoms with Crippen LogP contribution in [0.3, 0.4) is 0 Å². The lowest BCUT2D eigenvalue weighted by molar-refractivity contribution is -0.136. The summed E-state index contributed by atoms with van der Waals surface area (Å²) in [5.74, 6) is 0.315. The van der Waals surface area contributed by atoms with Crippen LogP contribution in [0, 0.1) is 16.7 Å². The van der Waals surface area contributed by atoms with E-state index in [2.05, 4.69) is 50.9 Å². The van der Waals surface area contributed by atoms with E-state index in [0.29, 0.717) is 0 Å². The molecule has 0 spiro atoms. The zero-order chi connectivity index (χ0) is 14.0. The van der Waals surface area contributed by atoms with E-state index < -0.39 is 0 Å². The summed E-state index contributed by atoms with van der Waals surface area (Å²) < 4.78 is 1.79. The van der Waals surface area contributed by atoms with Crippen molar-refractivity contribution in [2.24, 2.45) is 16.7 Å². The monoisotopic (exact) mass is 259 g/mol. The summed E-state index contributed by atoms with van der Waals surface area (Å²) in [6.07, 6.45) is 0.924. The van der Waals surface area contributed by atoms with Crippen molar-refractivity contribution in [1.82, 2.24) is 4.67 Å². The molecule has 0 bridgehead atoms. The zero-order valence-corrected chi connectivity index (χ0v) is 13.9. The number of amides is 1. The van der Waals surface area contributed by atoms with E-state index in [9.17, 15) is 4.79 Å². The van der Waals surface area contributed by atoms with Crippen molar-refractivity contribution < 1.29 is 4.79 Å². The highest BCUT2D eigenvalue weighted by molar-refractivity contribution is 7.14. The van der Waals surface area contributed by atoms with Gasteiger partial charge in [0.05, 0.1) is 0 Å². The number of hydrogen-bond acceptors (Lipinski definition) is 1. The van der Waals surface area contributed by atoms with E-state index in [1.54, 1.807) is 4.67 Å². The van der Waals surface area contributed by atoms with Gasteiger partial charge in [0.1, 0.15) is 0 Å². The summed E-state index contributed by atoms with van der Waals surface area (Å²) in [6.45, 7) is 17.1. The van der Waals surface area contributed by atoms with E-state index in [4.69, 9.17) is 0 Å². The third-order valence-electron chi connectivity index (χ3n) is 2.97. The molecule has 3 heteroatoms. The maximum atomic E-state index is 12.5. The van der Waals surface area contributed by atoms with Gasteiger partial charge in [-0.2, -0.15) is 0 Å². The van der Waals surface area contributed by atoms with Crippen LogP contribution in [-0.4, -0.2) is 16.6 Å². The van der Waals surface area contributed by atoms with Gasteiger partial charge in [0.15, 0.2) is 0 Å². The molecule has 0 rings (SSSR count). The van der Waals surface area contributed by atoms with Gasteiger partial charge >= 0.3 is 0 Å². The lowest BCUT2D eigenvalue weighted by Gasteiger charge is -2.37. The number of rotatable bonds is 3. The molecular weight excluding hydrogens is 229 g/mol. The quantitative estimate of drug-likeness (QED) is 0.698. The standard InChI is InChI=1S/C14H30NOP/c1-10(2)15(17)12(16)11(14(6,7)8)9-13(3,4)5/h10-11H,9,17H2,1-8H3. The summed E-state index contributed by atoms with van der Waals surface area (Å²) in [5, 5.41) is 0. The third-order valence-corrected chi connectivity index (χ3v) is 3.82. The van der Waals surface area contributed by atoms with Crippen molar-refractivity contribution in [3.8, 4) is 0 Å². The zero-order valence-electron chi connectivity index (χ0n) is 12.8. The molecule has 0 aliphatic carbocycles. The molecule has 0 heterocycles. The van der Waals surface area contributed by atoms with Crippen molar-refractivity contribution in [1.29, 1.82) is 0 Å². The van der Waals surface area contributed by atoms with Gasteiger partial charge in [-0.15, -0.1) is 0 Å². The van der Waals surface area contributed by atoms with Gasteiger partial charge in [0.25, 0.3) is 0 Å². The summed E-state index contributed by atoms with van der Waals surface area (Å²) in [5.41, 5.74) is 0.185. The SMILES string of the molecule is CC(C)N(P)C(=O)C(CC(C)(C)C)C(C)(C)C. The summed E-state index contributed by atoms with van der Waals surface area (Å²) in [7, 11) is 2.57. The van der Waals surface area contributed by atoms with Crippen molar-refractivity contribution in [2.45, 2.75) is 67.9 Å². The van der Waals surface area contributed by atoms with Crippen LogP contribution in [0.5, 0.6) is 0 Å². The molecule has 0 aromatic rings. The maximum Gasteiger partial charge on any atom is 0.229 e. The largest absolute Gasteiger partial charge is 0.325 e. The molecule has 0 aliphatic heterocycles. The molecule has 2 nitrogen and oxygen atoms in total. The van der Waals surface area contributed by atoms with Crippen LogP contribution in [0.25, 0.3) is 0 Å². The molecule has 1 amide bonds. The number of carbonyl (C=O) groups excluding carboxylic acids is 1. The molecule has 2 unspecified atom stereocenters. The maximum absolute atomic E-state index is 12.5. The molecule has 0 fully saturated rings. The van der Waals surface area contributed by atoms with Crippen LogP contribution >= 0.6 is 9.39 Å². The van der Waals surface area contributed by atoms with E-state index >= 15 is 0 Å². The van der Waals surface area contributed by atoms with Gasteiger partial charge in [-0.3, -0.25) is 4.79 Å². The van der Waals surface area contributed by atoms with Gasteiger partial charge in [0.2, 0.25) is 5.91 Å². The molecule has 0 N–H and O–H groups in total. The highest BCUT2D eigenvalue weighted by atomic mass is 31.0. The molecular formula is C14H30NOP. The highest BCUT2D eigenvalue weighted by Crippen LogP contribution is 2.38. The average Bonchev–Trinajstić information content (AvgIpc) is 2.08. The van der Waals surface area contributed by atoms with Crippen LogP contribution in [0.15, 0.2) is 0 Å². The summed E-state index contributed by atoms with van der Waals surface area (Å²) in [4.78, 5) is 12.5. The number of hydrogen-bond donors (Lipinski definition) is 0. The minimum atomic E-state index is 0.00801. The fraction of sp³-hybridized carbons (Fsp3) is 0.929. The molecule has 0 saturated heterocycles. The first-order chi connectivity index (χ1) is 7.36. The van der Waals surface area contributed by atoms with Crippen molar-refractivity contribution in [3.63, 3.8) is 0 Å². The van der Waals surface area contributed by atoms with E-state index in [1.165, 1.54) is 0 Å². The van der Waals surface area contributed by atoms with Crippen LogP contribution < -0.4 is 0 Å². The Balaban J connectivity index is 5.02. The molecule has 17 heavy (non-hydrogen) atoms. The van der Waals surface area contributed by atoms with Gasteiger partial charge in [-0.25, -0.2) is 0 Å². The van der Waals surface area contributed by atoms with Crippen LogP contribution in [-0.2, 0) is 4.79 Å². The molecule has 0 aromatic carbocycles. The Morgan fingerprint density at radius 2 is 1.53 bits per heavy atom. The topological polar surface area (TPSA) is 20.3 Å². The lowest BCUT2D eigenvalue weighted by Crippen LogP contribution is -2.41. The third kappa shape index (κ3) is 5.86. The first-order valence-electron chi connectivity index (χ1n) is 6.44. The predicted molar refractivity (Wildman–Crippen MR) is 78.7 cm³/mol. The van der Waals surface area contributed by atoms with Gasteiger partial charge < -0.3 is 4.67 Å². The highest BCUT2D eigenvalue weighted by Gasteiger charge is 2.36. The number of carbonyl (C=O) groups is 1. The van der Waals surface area contributed by atoms with Gasteiger partial charge in [0, 0.05) is 12.0 Å². The summed E-state index contributed by atoms with van der Waals surface area (Å²) in [6, 6.07) is 0.234. The number of nitrogens with zero attached hydrogens (tertiary/aromatic N) is 1. The molecule has 0 saturated carbocycles. The van der Waals surface area contributed by atoms with Gasteiger partial charge in [-0.1, -0.05) is 41.5 Å². The Kier molecular flexibility index (Phi) is 5.66. The van der Waals surface area contributed by atoms with Crippen molar-refractivity contribution in [2.75, 3.05) is 0 Å². The van der Waals surface area contributed by atoms with Crippen LogP contribution in [0.1, 0.15) is 61.8 Å². The Hall–Kier alpha value is -0.100. The minimum absolute atomic E-state index is 0.00801. The van der Waals surface area contributed by atoms with E-state index in [-0.39, 0.29) is 28.7 Å². The molecule has 0 aliphatic rings. The average molecular weight is 259 g/mol. The lowest BCUT2D eigenvalue weighted by atomic mass is 9.71. The Morgan fingerprint density at radius 3 is 1.76 bits per heavy atom.